The second-order valence-electron chi connectivity index (χ2n) is 12.0. The van der Waals surface area contributed by atoms with Crippen molar-refractivity contribution < 1.29 is 27.4 Å². The maximum atomic E-state index is 15.4. The predicted octanol–water partition coefficient (Wildman–Crippen LogP) is 4.85. The van der Waals surface area contributed by atoms with Crippen LogP contribution in [0.4, 0.5) is 18.9 Å². The van der Waals surface area contributed by atoms with Crippen LogP contribution < -0.4 is 26.0 Å². The number of aromatic nitrogens is 2. The van der Waals surface area contributed by atoms with E-state index < -0.39 is 28.9 Å². The highest BCUT2D eigenvalue weighted by molar-refractivity contribution is 5.90. The van der Waals surface area contributed by atoms with Gasteiger partial charge in [0.1, 0.15) is 17.9 Å². The lowest BCUT2D eigenvalue weighted by molar-refractivity contribution is -0.107. The van der Waals surface area contributed by atoms with Crippen molar-refractivity contribution in [1.29, 1.82) is 0 Å². The fourth-order valence-corrected chi connectivity index (χ4v) is 6.26. The van der Waals surface area contributed by atoms with Gasteiger partial charge < -0.3 is 34.8 Å². The lowest BCUT2D eigenvalue weighted by Crippen LogP contribution is -2.37. The molecule has 3 heterocycles. The van der Waals surface area contributed by atoms with Crippen LogP contribution in [0.1, 0.15) is 61.8 Å². The molecule has 0 bridgehead atoms. The number of rotatable bonds is 16. The summed E-state index contributed by atoms with van der Waals surface area (Å²) in [4.78, 5) is 32.5. The highest BCUT2D eigenvalue weighted by Crippen LogP contribution is 2.42. The molecule has 1 aromatic heterocycles. The second-order valence-corrected chi connectivity index (χ2v) is 12.0. The summed E-state index contributed by atoms with van der Waals surface area (Å²) in [6.45, 7) is 4.62. The van der Waals surface area contributed by atoms with Gasteiger partial charge in [-0.1, -0.05) is 31.0 Å². The number of ether oxygens (including phenoxy) is 2. The number of fused-ring (bicyclic) bond motifs is 1. The lowest BCUT2D eigenvalue weighted by atomic mass is 9.86. The Morgan fingerprint density at radius 3 is 2.67 bits per heavy atom. The third kappa shape index (κ3) is 8.45. The Balaban J connectivity index is 1.29. The Bertz CT molecular complexity index is 1510. The number of hydrogen-bond donors (Lipinski definition) is 3. The average molecular weight is 644 g/mol. The summed E-state index contributed by atoms with van der Waals surface area (Å²) in [5.74, 6) is -4.43. The van der Waals surface area contributed by atoms with Crippen LogP contribution in [-0.4, -0.2) is 68.8 Å². The molecule has 46 heavy (non-hydrogen) atoms. The zero-order valence-electron chi connectivity index (χ0n) is 26.2. The Hall–Kier alpha value is -3.48. The number of carbonyl (C=O) groups excluding carboxylic acids is 1. The molecule has 0 spiro atoms. The van der Waals surface area contributed by atoms with Crippen molar-refractivity contribution in [1.82, 2.24) is 20.6 Å². The first-order valence-corrected chi connectivity index (χ1v) is 16.4. The number of alkyl halides is 2. The summed E-state index contributed by atoms with van der Waals surface area (Å²) in [5, 5.41) is 7.05. The van der Waals surface area contributed by atoms with E-state index in [1.807, 2.05) is 12.1 Å². The molecule has 9 nitrogen and oxygen atoms in total. The van der Waals surface area contributed by atoms with E-state index in [1.165, 1.54) is 12.1 Å². The fraction of sp³-hybridized carbons (Fsp3) is 0.559. The average Bonchev–Trinajstić information content (AvgIpc) is 3.07. The number of hydrogen-bond acceptors (Lipinski definition) is 8. The van der Waals surface area contributed by atoms with Crippen LogP contribution in [0.2, 0.25) is 0 Å². The zero-order valence-corrected chi connectivity index (χ0v) is 26.2. The Morgan fingerprint density at radius 1 is 1.11 bits per heavy atom. The molecule has 2 aliphatic heterocycles. The van der Waals surface area contributed by atoms with E-state index in [9.17, 15) is 9.59 Å². The van der Waals surface area contributed by atoms with Crippen molar-refractivity contribution >= 4 is 22.9 Å². The van der Waals surface area contributed by atoms with Crippen molar-refractivity contribution in [3.8, 4) is 5.75 Å². The molecule has 2 aromatic carbocycles. The third-order valence-corrected chi connectivity index (χ3v) is 8.87. The quantitative estimate of drug-likeness (QED) is 0.150. The molecule has 2 saturated heterocycles. The van der Waals surface area contributed by atoms with E-state index in [0.29, 0.717) is 88.8 Å². The lowest BCUT2D eigenvalue weighted by Gasteiger charge is -2.31. The van der Waals surface area contributed by atoms with E-state index in [4.69, 9.17) is 9.47 Å². The van der Waals surface area contributed by atoms with E-state index in [2.05, 4.69) is 25.5 Å². The topological polar surface area (TPSA) is 109 Å². The molecule has 3 aromatic rings. The largest absolute Gasteiger partial charge is 0.491 e. The van der Waals surface area contributed by atoms with E-state index in [-0.39, 0.29) is 18.5 Å². The number of halogens is 3. The summed E-state index contributed by atoms with van der Waals surface area (Å²) < 4.78 is 57.7. The summed E-state index contributed by atoms with van der Waals surface area (Å²) >= 11 is 0. The van der Waals surface area contributed by atoms with Crippen molar-refractivity contribution in [3.05, 3.63) is 63.5 Å². The van der Waals surface area contributed by atoms with Crippen molar-refractivity contribution in [2.45, 2.75) is 63.8 Å². The van der Waals surface area contributed by atoms with Gasteiger partial charge in [-0.3, -0.25) is 0 Å². The molecule has 0 aliphatic carbocycles. The molecule has 0 atom stereocenters. The van der Waals surface area contributed by atoms with Gasteiger partial charge in [-0.25, -0.2) is 18.0 Å². The minimum atomic E-state index is -3.24. The summed E-state index contributed by atoms with van der Waals surface area (Å²) in [6, 6.07) is 8.15. The molecule has 12 heteroatoms. The molecule has 2 aliphatic rings. The minimum Gasteiger partial charge on any atom is -0.491 e. The van der Waals surface area contributed by atoms with E-state index in [1.54, 1.807) is 6.07 Å². The van der Waals surface area contributed by atoms with Crippen LogP contribution in [-0.2, 0) is 28.4 Å². The number of carbonyl (C=O) groups is 1. The summed E-state index contributed by atoms with van der Waals surface area (Å²) in [7, 11) is 0. The highest BCUT2D eigenvalue weighted by Gasteiger charge is 2.43. The third-order valence-electron chi connectivity index (χ3n) is 8.87. The van der Waals surface area contributed by atoms with Crippen LogP contribution in [0, 0.1) is 11.7 Å². The van der Waals surface area contributed by atoms with Crippen molar-refractivity contribution in [2.24, 2.45) is 5.92 Å². The molecule has 3 N–H and O–H groups in total. The Kier molecular flexibility index (Phi) is 12.1. The van der Waals surface area contributed by atoms with Gasteiger partial charge in [0.05, 0.1) is 36.6 Å². The van der Waals surface area contributed by atoms with Crippen LogP contribution >= 0.6 is 0 Å². The van der Waals surface area contributed by atoms with Gasteiger partial charge >= 0.3 is 5.69 Å². The Morgan fingerprint density at radius 2 is 1.89 bits per heavy atom. The molecule has 2 fully saturated rings. The SMILES string of the molecule is O=CCCCCCCOc1cc(N2CCOCC2)cc2c(CNCCc3cccc(C(F)(F)C4CCNCC4)c3F)nc(=O)[nH]c12. The first kappa shape index (κ1) is 33.9. The van der Waals surface area contributed by atoms with Gasteiger partial charge in [-0.05, 0) is 63.4 Å². The number of unbranched alkanes of at least 4 members (excludes halogenated alkanes) is 4. The summed E-state index contributed by atoms with van der Waals surface area (Å²) in [5.41, 5.74) is 1.16. The van der Waals surface area contributed by atoms with Gasteiger partial charge in [0, 0.05) is 49.1 Å². The predicted molar refractivity (Wildman–Crippen MR) is 171 cm³/mol. The first-order valence-electron chi connectivity index (χ1n) is 16.4. The van der Waals surface area contributed by atoms with Gasteiger partial charge in [0.2, 0.25) is 0 Å². The summed E-state index contributed by atoms with van der Waals surface area (Å²) in [6.07, 6.45) is 5.85. The van der Waals surface area contributed by atoms with Gasteiger partial charge in [-0.2, -0.15) is 4.98 Å². The number of aldehydes is 1. The van der Waals surface area contributed by atoms with Gasteiger partial charge in [0.15, 0.2) is 0 Å². The van der Waals surface area contributed by atoms with E-state index >= 15 is 13.2 Å². The highest BCUT2D eigenvalue weighted by atomic mass is 19.3. The molecule has 0 amide bonds. The first-order chi connectivity index (χ1) is 22.4. The van der Waals surface area contributed by atoms with E-state index in [0.717, 1.165) is 43.0 Å². The maximum Gasteiger partial charge on any atom is 0.345 e. The zero-order chi connectivity index (χ0) is 32.4. The minimum absolute atomic E-state index is 0.198. The Labute approximate surface area is 267 Å². The monoisotopic (exact) mass is 643 g/mol. The van der Waals surface area contributed by atoms with Gasteiger partial charge in [-0.15, -0.1) is 0 Å². The van der Waals surface area contributed by atoms with Crippen molar-refractivity contribution in [2.75, 3.05) is 57.4 Å². The molecule has 0 unspecified atom stereocenters. The number of H-pyrrole nitrogens is 1. The standard InChI is InChI=1S/C34H44F3N5O4/c35-31-24(7-6-8-28(31)34(36,37)25-10-13-38-14-11-25)9-12-39-23-29-27-21-26(42-15-19-45-20-16-42)22-30(32(27)41-33(44)40-29)46-18-5-3-1-2-4-17-43/h6-8,17,21-22,25,38-39H,1-5,9-16,18-20,23H2,(H,40,41,44). The van der Waals surface area contributed by atoms with Crippen LogP contribution in [0.5, 0.6) is 5.75 Å². The molecular weight excluding hydrogens is 599 g/mol. The number of anilines is 1. The van der Waals surface area contributed by atoms with Crippen LogP contribution in [0.15, 0.2) is 35.1 Å². The number of benzene rings is 2. The number of aromatic amines is 1. The fourth-order valence-electron chi connectivity index (χ4n) is 6.26. The number of nitrogens with zero attached hydrogens (tertiary/aromatic N) is 2. The smallest absolute Gasteiger partial charge is 0.345 e. The second kappa shape index (κ2) is 16.4. The number of morpholine rings is 1. The molecular formula is C34H44F3N5O4. The maximum absolute atomic E-state index is 15.4. The van der Waals surface area contributed by atoms with Crippen molar-refractivity contribution in [3.63, 3.8) is 0 Å². The molecule has 0 saturated carbocycles. The number of piperidine rings is 1. The normalized spacial score (nSPS) is 16.2. The molecule has 250 valence electrons. The molecule has 5 rings (SSSR count). The van der Waals surface area contributed by atoms with Gasteiger partial charge in [0.25, 0.3) is 5.92 Å². The van der Waals surface area contributed by atoms with Crippen LogP contribution in [0.3, 0.4) is 0 Å². The molecule has 0 radical (unpaired) electrons. The van der Waals surface area contributed by atoms with Crippen LogP contribution in [0.25, 0.3) is 10.9 Å². The number of nitrogens with one attached hydrogen (secondary N) is 3.